The summed E-state index contributed by atoms with van der Waals surface area (Å²) in [7, 11) is 0. The molecule has 1 amide bonds. The Morgan fingerprint density at radius 3 is 2.67 bits per heavy atom. The van der Waals surface area contributed by atoms with Crippen LogP contribution in [-0.4, -0.2) is 29.1 Å². The molecule has 21 heavy (non-hydrogen) atoms. The predicted octanol–water partition coefficient (Wildman–Crippen LogP) is 2.30. The molecule has 2 aromatic rings. The van der Waals surface area contributed by atoms with E-state index in [9.17, 15) is 4.79 Å². The minimum atomic E-state index is -0.200. The van der Waals surface area contributed by atoms with Crippen LogP contribution >= 0.6 is 0 Å². The lowest BCUT2D eigenvalue weighted by molar-refractivity contribution is 0.102. The smallest absolute Gasteiger partial charge is 0.259 e. The number of nitrogens with one attached hydrogen (secondary N) is 2. The number of aliphatic hydroxyl groups excluding tert-OH is 1. The molecule has 0 saturated carbocycles. The second-order valence-corrected chi connectivity index (χ2v) is 4.58. The Morgan fingerprint density at radius 2 is 2.00 bits per heavy atom. The molecule has 5 nitrogen and oxygen atoms in total. The van der Waals surface area contributed by atoms with E-state index < -0.39 is 0 Å². The summed E-state index contributed by atoms with van der Waals surface area (Å²) in [6, 6.07) is 9.21. The fourth-order valence-corrected chi connectivity index (χ4v) is 2.00. The van der Waals surface area contributed by atoms with Crippen LogP contribution in [0.25, 0.3) is 0 Å². The quantitative estimate of drug-likeness (QED) is 0.761. The lowest BCUT2D eigenvalue weighted by Gasteiger charge is -2.10. The van der Waals surface area contributed by atoms with Gasteiger partial charge in [0.15, 0.2) is 0 Å². The summed E-state index contributed by atoms with van der Waals surface area (Å²) in [5.41, 5.74) is 3.03. The molecule has 5 heteroatoms. The predicted molar refractivity (Wildman–Crippen MR) is 83.6 cm³/mol. The summed E-state index contributed by atoms with van der Waals surface area (Å²) in [6.07, 6.45) is 3.81. The van der Waals surface area contributed by atoms with Gasteiger partial charge < -0.3 is 15.7 Å². The van der Waals surface area contributed by atoms with Crippen molar-refractivity contribution in [1.82, 2.24) is 4.98 Å². The third-order valence-corrected chi connectivity index (χ3v) is 3.05. The second kappa shape index (κ2) is 7.40. The van der Waals surface area contributed by atoms with Gasteiger partial charge in [-0.2, -0.15) is 0 Å². The first-order valence-corrected chi connectivity index (χ1v) is 6.93. The van der Waals surface area contributed by atoms with Gasteiger partial charge in [0, 0.05) is 31.2 Å². The molecule has 2 rings (SSSR count). The Labute approximate surface area is 124 Å². The number of nitrogens with zero attached hydrogens (tertiary/aromatic N) is 1. The number of hydrogen-bond donors (Lipinski definition) is 3. The van der Waals surface area contributed by atoms with Gasteiger partial charge >= 0.3 is 0 Å². The first kappa shape index (κ1) is 15.0. The number of hydrogen-bond acceptors (Lipinski definition) is 4. The van der Waals surface area contributed by atoms with Gasteiger partial charge in [-0.15, -0.1) is 0 Å². The standard InChI is InChI=1S/C16H19N3O2/c1-2-18-15-7-9-17-11-14(15)16(21)19-13-5-3-12(4-6-13)8-10-20/h3-7,9,11,20H,2,8,10H2,1H3,(H,17,18)(H,19,21). The number of carbonyl (C=O) groups is 1. The van der Waals surface area contributed by atoms with Crippen LogP contribution in [0, 0.1) is 0 Å². The lowest BCUT2D eigenvalue weighted by Crippen LogP contribution is -2.15. The van der Waals surface area contributed by atoms with E-state index in [1.807, 2.05) is 31.2 Å². The van der Waals surface area contributed by atoms with Gasteiger partial charge in [0.05, 0.1) is 11.3 Å². The molecule has 110 valence electrons. The summed E-state index contributed by atoms with van der Waals surface area (Å²) in [6.45, 7) is 2.83. The Kier molecular flexibility index (Phi) is 5.29. The molecule has 0 unspecified atom stereocenters. The lowest BCUT2D eigenvalue weighted by atomic mass is 10.1. The Balaban J connectivity index is 2.10. The van der Waals surface area contributed by atoms with Gasteiger partial charge in [-0.25, -0.2) is 0 Å². The van der Waals surface area contributed by atoms with Gasteiger partial charge in [-0.3, -0.25) is 9.78 Å². The zero-order chi connectivity index (χ0) is 15.1. The van der Waals surface area contributed by atoms with Gasteiger partial charge in [-0.1, -0.05) is 12.1 Å². The zero-order valence-electron chi connectivity index (χ0n) is 12.0. The average Bonchev–Trinajstić information content (AvgIpc) is 2.50. The zero-order valence-corrected chi connectivity index (χ0v) is 12.0. The van der Waals surface area contributed by atoms with Gasteiger partial charge in [0.2, 0.25) is 0 Å². The molecule has 1 aromatic carbocycles. The highest BCUT2D eigenvalue weighted by atomic mass is 16.2. The molecular formula is C16H19N3O2. The van der Waals surface area contributed by atoms with Crippen molar-refractivity contribution in [3.8, 4) is 0 Å². The number of amides is 1. The van der Waals surface area contributed by atoms with Crippen LogP contribution in [0.3, 0.4) is 0 Å². The Bertz CT molecular complexity index is 597. The topological polar surface area (TPSA) is 74.2 Å². The van der Waals surface area contributed by atoms with E-state index in [0.717, 1.165) is 17.8 Å². The highest BCUT2D eigenvalue weighted by molar-refractivity contribution is 6.07. The van der Waals surface area contributed by atoms with Gasteiger partial charge in [0.1, 0.15) is 0 Å². The Morgan fingerprint density at radius 1 is 1.24 bits per heavy atom. The van der Waals surface area contributed by atoms with E-state index in [-0.39, 0.29) is 12.5 Å². The maximum absolute atomic E-state index is 12.3. The van der Waals surface area contributed by atoms with Crippen LogP contribution in [0.4, 0.5) is 11.4 Å². The van der Waals surface area contributed by atoms with Crippen molar-refractivity contribution < 1.29 is 9.90 Å². The normalized spacial score (nSPS) is 10.2. The van der Waals surface area contributed by atoms with Gasteiger partial charge in [0.25, 0.3) is 5.91 Å². The molecule has 0 radical (unpaired) electrons. The van der Waals surface area contributed by atoms with Crippen LogP contribution in [-0.2, 0) is 6.42 Å². The molecule has 0 aliphatic rings. The van der Waals surface area contributed by atoms with Crippen molar-refractivity contribution in [2.24, 2.45) is 0 Å². The van der Waals surface area contributed by atoms with E-state index in [1.165, 1.54) is 0 Å². The Hall–Kier alpha value is -2.40. The number of benzene rings is 1. The van der Waals surface area contributed by atoms with Crippen molar-refractivity contribution in [3.05, 3.63) is 53.9 Å². The molecule has 1 aromatic heterocycles. The molecule has 0 saturated heterocycles. The van der Waals surface area contributed by atoms with Crippen molar-refractivity contribution in [2.45, 2.75) is 13.3 Å². The average molecular weight is 285 g/mol. The van der Waals surface area contributed by atoms with Crippen LogP contribution in [0.1, 0.15) is 22.8 Å². The van der Waals surface area contributed by atoms with Crippen molar-refractivity contribution in [3.63, 3.8) is 0 Å². The summed E-state index contributed by atoms with van der Waals surface area (Å²) in [4.78, 5) is 16.3. The summed E-state index contributed by atoms with van der Waals surface area (Å²) < 4.78 is 0. The third-order valence-electron chi connectivity index (χ3n) is 3.05. The second-order valence-electron chi connectivity index (χ2n) is 4.58. The molecule has 0 spiro atoms. The number of carbonyl (C=O) groups excluding carboxylic acids is 1. The minimum absolute atomic E-state index is 0.118. The fourth-order valence-electron chi connectivity index (χ4n) is 2.00. The summed E-state index contributed by atoms with van der Waals surface area (Å²) >= 11 is 0. The van der Waals surface area contributed by atoms with E-state index in [0.29, 0.717) is 17.7 Å². The van der Waals surface area contributed by atoms with E-state index >= 15 is 0 Å². The minimum Gasteiger partial charge on any atom is -0.396 e. The van der Waals surface area contributed by atoms with Crippen molar-refractivity contribution in [1.29, 1.82) is 0 Å². The van der Waals surface area contributed by atoms with Crippen LogP contribution in [0.15, 0.2) is 42.7 Å². The molecule has 0 aliphatic heterocycles. The maximum Gasteiger partial charge on any atom is 0.259 e. The van der Waals surface area contributed by atoms with Crippen molar-refractivity contribution in [2.75, 3.05) is 23.8 Å². The number of aliphatic hydroxyl groups is 1. The van der Waals surface area contributed by atoms with E-state index in [1.54, 1.807) is 18.5 Å². The van der Waals surface area contributed by atoms with E-state index in [4.69, 9.17) is 5.11 Å². The first-order chi connectivity index (χ1) is 10.2. The SMILES string of the molecule is CCNc1ccncc1C(=O)Nc1ccc(CCO)cc1. The summed E-state index contributed by atoms with van der Waals surface area (Å²) in [5, 5.41) is 14.9. The van der Waals surface area contributed by atoms with Crippen LogP contribution in [0.2, 0.25) is 0 Å². The van der Waals surface area contributed by atoms with Crippen LogP contribution < -0.4 is 10.6 Å². The number of pyridine rings is 1. The highest BCUT2D eigenvalue weighted by Gasteiger charge is 2.11. The van der Waals surface area contributed by atoms with E-state index in [2.05, 4.69) is 15.6 Å². The number of rotatable bonds is 6. The van der Waals surface area contributed by atoms with Crippen LogP contribution in [0.5, 0.6) is 0 Å². The largest absolute Gasteiger partial charge is 0.396 e. The first-order valence-electron chi connectivity index (χ1n) is 6.93. The molecule has 1 heterocycles. The summed E-state index contributed by atoms with van der Waals surface area (Å²) in [5.74, 6) is -0.200. The molecule has 0 fully saturated rings. The maximum atomic E-state index is 12.3. The fraction of sp³-hybridized carbons (Fsp3) is 0.250. The highest BCUT2D eigenvalue weighted by Crippen LogP contribution is 2.16. The molecular weight excluding hydrogens is 266 g/mol. The van der Waals surface area contributed by atoms with Crippen molar-refractivity contribution >= 4 is 17.3 Å². The molecule has 0 aliphatic carbocycles. The number of aromatic nitrogens is 1. The number of anilines is 2. The van der Waals surface area contributed by atoms with Gasteiger partial charge in [-0.05, 0) is 37.1 Å². The third kappa shape index (κ3) is 4.03. The molecule has 3 N–H and O–H groups in total. The molecule has 0 bridgehead atoms. The molecule has 0 atom stereocenters. The monoisotopic (exact) mass is 285 g/mol.